The summed E-state index contributed by atoms with van der Waals surface area (Å²) < 4.78 is 5.45. The van der Waals surface area contributed by atoms with Crippen molar-refractivity contribution in [2.24, 2.45) is 0 Å². The van der Waals surface area contributed by atoms with Crippen molar-refractivity contribution in [2.45, 2.75) is 19.9 Å². The number of rotatable bonds is 4. The Hall–Kier alpha value is -2.34. The van der Waals surface area contributed by atoms with Crippen LogP contribution in [0.2, 0.25) is 0 Å². The summed E-state index contributed by atoms with van der Waals surface area (Å²) >= 11 is 0. The number of aromatic nitrogens is 2. The Kier molecular flexibility index (Phi) is 3.87. The molecule has 0 atom stereocenters. The highest BCUT2D eigenvalue weighted by molar-refractivity contribution is 5.91. The molecule has 1 aromatic heterocycles. The first kappa shape index (κ1) is 13.6. The lowest BCUT2D eigenvalue weighted by molar-refractivity contribution is -0.118. The number of carbonyl (C=O) groups excluding carboxylic acids is 1. The van der Waals surface area contributed by atoms with Gasteiger partial charge in [0.05, 0.1) is 0 Å². The van der Waals surface area contributed by atoms with Crippen LogP contribution in [0.3, 0.4) is 0 Å². The molecule has 0 saturated heterocycles. The third-order valence-electron chi connectivity index (χ3n) is 3.46. The molecule has 3 rings (SSSR count). The quantitative estimate of drug-likeness (QED) is 0.793. The second-order valence-corrected chi connectivity index (χ2v) is 5.11. The summed E-state index contributed by atoms with van der Waals surface area (Å²) in [6.45, 7) is 3.63. The summed E-state index contributed by atoms with van der Waals surface area (Å²) in [5.41, 5.74) is 3.27. The topological polar surface area (TPSA) is 79.0 Å². The predicted molar refractivity (Wildman–Crippen MR) is 79.3 cm³/mol. The zero-order valence-corrected chi connectivity index (χ0v) is 11.9. The van der Waals surface area contributed by atoms with Gasteiger partial charge >= 0.3 is 0 Å². The van der Waals surface area contributed by atoms with Crippen LogP contribution in [0, 0.1) is 6.92 Å². The molecule has 6 nitrogen and oxygen atoms in total. The Morgan fingerprint density at radius 3 is 3.00 bits per heavy atom. The number of hydrogen-bond donors (Lipinski definition) is 3. The summed E-state index contributed by atoms with van der Waals surface area (Å²) in [5, 5.41) is 13.2. The minimum Gasteiger partial charge on any atom is -0.484 e. The number of amides is 1. The second-order valence-electron chi connectivity index (χ2n) is 5.11. The van der Waals surface area contributed by atoms with Crippen LogP contribution >= 0.6 is 0 Å². The van der Waals surface area contributed by atoms with E-state index in [-0.39, 0.29) is 12.5 Å². The maximum Gasteiger partial charge on any atom is 0.263 e. The van der Waals surface area contributed by atoms with Gasteiger partial charge in [0.25, 0.3) is 5.91 Å². The van der Waals surface area contributed by atoms with Crippen LogP contribution < -0.4 is 15.4 Å². The molecule has 1 aliphatic heterocycles. The summed E-state index contributed by atoms with van der Waals surface area (Å²) in [6, 6.07) is 7.60. The van der Waals surface area contributed by atoms with E-state index in [1.54, 1.807) is 0 Å². The lowest BCUT2D eigenvalue weighted by Crippen LogP contribution is -2.25. The number of hydrogen-bond acceptors (Lipinski definition) is 4. The monoisotopic (exact) mass is 286 g/mol. The molecule has 1 aliphatic rings. The van der Waals surface area contributed by atoms with Crippen molar-refractivity contribution in [3.05, 3.63) is 41.1 Å². The van der Waals surface area contributed by atoms with Gasteiger partial charge in [0, 0.05) is 30.8 Å². The molecule has 21 heavy (non-hydrogen) atoms. The number of aromatic amines is 1. The Balaban J connectivity index is 1.57. The van der Waals surface area contributed by atoms with E-state index >= 15 is 0 Å². The van der Waals surface area contributed by atoms with E-state index in [9.17, 15) is 4.79 Å². The lowest BCUT2D eigenvalue weighted by atomic mass is 10.1. The van der Waals surface area contributed by atoms with E-state index in [1.807, 2.05) is 31.2 Å². The molecule has 0 aliphatic carbocycles. The van der Waals surface area contributed by atoms with E-state index < -0.39 is 0 Å². The largest absolute Gasteiger partial charge is 0.484 e. The second kappa shape index (κ2) is 5.97. The van der Waals surface area contributed by atoms with Crippen molar-refractivity contribution >= 4 is 11.7 Å². The Morgan fingerprint density at radius 2 is 2.19 bits per heavy atom. The highest BCUT2D eigenvalue weighted by atomic mass is 16.5. The van der Waals surface area contributed by atoms with Gasteiger partial charge in [-0.25, -0.2) is 0 Å². The Morgan fingerprint density at radius 1 is 1.38 bits per heavy atom. The molecule has 1 amide bonds. The average Bonchev–Trinajstić information content (AvgIpc) is 2.90. The first-order valence-electron chi connectivity index (χ1n) is 6.98. The standard InChI is InChI=1S/C15H18N4O2/c1-10-2-4-11(5-3-10)21-9-14(20)17-15-12-8-16-7-6-13(12)18-19-15/h2-5,16H,6-9H2,1H3,(H2,17,18,19,20). The number of aryl methyl sites for hydroxylation is 1. The maximum absolute atomic E-state index is 11.9. The highest BCUT2D eigenvalue weighted by Gasteiger charge is 2.18. The normalized spacial score (nSPS) is 13.6. The molecule has 3 N–H and O–H groups in total. The van der Waals surface area contributed by atoms with Crippen molar-refractivity contribution in [1.29, 1.82) is 0 Å². The van der Waals surface area contributed by atoms with Gasteiger partial charge < -0.3 is 15.4 Å². The number of H-pyrrole nitrogens is 1. The number of anilines is 1. The van der Waals surface area contributed by atoms with Gasteiger partial charge in [0.15, 0.2) is 12.4 Å². The van der Waals surface area contributed by atoms with Crippen molar-refractivity contribution in [1.82, 2.24) is 15.5 Å². The number of fused-ring (bicyclic) bond motifs is 1. The van der Waals surface area contributed by atoms with E-state index in [0.29, 0.717) is 11.6 Å². The third-order valence-corrected chi connectivity index (χ3v) is 3.46. The molecule has 0 bridgehead atoms. The number of benzene rings is 1. The number of nitrogens with one attached hydrogen (secondary N) is 3. The number of carbonyl (C=O) groups is 1. The molecule has 0 fully saturated rings. The third kappa shape index (κ3) is 3.22. The maximum atomic E-state index is 11.9. The summed E-state index contributed by atoms with van der Waals surface area (Å²) in [5.74, 6) is 1.06. The highest BCUT2D eigenvalue weighted by Crippen LogP contribution is 2.19. The fourth-order valence-electron chi connectivity index (χ4n) is 2.28. The fourth-order valence-corrected chi connectivity index (χ4v) is 2.28. The Labute approximate surface area is 122 Å². The van der Waals surface area contributed by atoms with Crippen LogP contribution in [-0.4, -0.2) is 29.3 Å². The molecular formula is C15H18N4O2. The minimum absolute atomic E-state index is 0.0296. The van der Waals surface area contributed by atoms with Crippen LogP contribution in [0.5, 0.6) is 5.75 Å². The van der Waals surface area contributed by atoms with Crippen LogP contribution in [0.15, 0.2) is 24.3 Å². The first-order chi connectivity index (χ1) is 10.2. The molecule has 0 radical (unpaired) electrons. The molecule has 0 spiro atoms. The van der Waals surface area contributed by atoms with E-state index in [4.69, 9.17) is 4.74 Å². The molecule has 0 unspecified atom stereocenters. The SMILES string of the molecule is Cc1ccc(OCC(=O)Nc2n[nH]c3c2CNCC3)cc1. The van der Waals surface area contributed by atoms with Gasteiger partial charge in [0.1, 0.15) is 5.75 Å². The van der Waals surface area contributed by atoms with Gasteiger partial charge in [-0.1, -0.05) is 17.7 Å². The average molecular weight is 286 g/mol. The molecule has 2 aromatic rings. The van der Waals surface area contributed by atoms with Gasteiger partial charge in [-0.15, -0.1) is 0 Å². The van der Waals surface area contributed by atoms with E-state index in [2.05, 4.69) is 20.8 Å². The van der Waals surface area contributed by atoms with E-state index in [1.165, 1.54) is 0 Å². The number of nitrogens with zero attached hydrogens (tertiary/aromatic N) is 1. The van der Waals surface area contributed by atoms with Gasteiger partial charge in [-0.3, -0.25) is 9.89 Å². The molecule has 2 heterocycles. The molecule has 0 saturated carbocycles. The van der Waals surface area contributed by atoms with Gasteiger partial charge in [0.2, 0.25) is 0 Å². The van der Waals surface area contributed by atoms with Gasteiger partial charge in [-0.2, -0.15) is 5.10 Å². The summed E-state index contributed by atoms with van der Waals surface area (Å²) in [7, 11) is 0. The summed E-state index contributed by atoms with van der Waals surface area (Å²) in [6.07, 6.45) is 0.901. The minimum atomic E-state index is -0.213. The molecule has 1 aromatic carbocycles. The first-order valence-corrected chi connectivity index (χ1v) is 6.98. The van der Waals surface area contributed by atoms with Crippen LogP contribution in [0.4, 0.5) is 5.82 Å². The molecular weight excluding hydrogens is 268 g/mol. The van der Waals surface area contributed by atoms with E-state index in [0.717, 1.165) is 36.3 Å². The van der Waals surface area contributed by atoms with Crippen molar-refractivity contribution in [3.8, 4) is 5.75 Å². The smallest absolute Gasteiger partial charge is 0.263 e. The zero-order chi connectivity index (χ0) is 14.7. The summed E-state index contributed by atoms with van der Waals surface area (Å²) in [4.78, 5) is 11.9. The Bertz CT molecular complexity index is 634. The van der Waals surface area contributed by atoms with Crippen molar-refractivity contribution < 1.29 is 9.53 Å². The molecule has 110 valence electrons. The van der Waals surface area contributed by atoms with Crippen molar-refractivity contribution in [3.63, 3.8) is 0 Å². The van der Waals surface area contributed by atoms with Crippen molar-refractivity contribution in [2.75, 3.05) is 18.5 Å². The van der Waals surface area contributed by atoms with Crippen LogP contribution in [0.1, 0.15) is 16.8 Å². The van der Waals surface area contributed by atoms with Crippen LogP contribution in [0.25, 0.3) is 0 Å². The van der Waals surface area contributed by atoms with Gasteiger partial charge in [-0.05, 0) is 19.1 Å². The fraction of sp³-hybridized carbons (Fsp3) is 0.333. The van der Waals surface area contributed by atoms with Crippen LogP contribution in [-0.2, 0) is 17.8 Å². The number of ether oxygens (including phenoxy) is 1. The zero-order valence-electron chi connectivity index (χ0n) is 11.9. The predicted octanol–water partition coefficient (Wildman–Crippen LogP) is 1.38. The molecule has 6 heteroatoms. The lowest BCUT2D eigenvalue weighted by Gasteiger charge is -2.13.